The van der Waals surface area contributed by atoms with Crippen molar-refractivity contribution in [3.8, 4) is 0 Å². The number of esters is 1. The smallest absolute Gasteiger partial charge is 0.311 e. The minimum Gasteiger partial charge on any atom is -0.459 e. The summed E-state index contributed by atoms with van der Waals surface area (Å²) in [6, 6.07) is 9.77. The van der Waals surface area contributed by atoms with Crippen molar-refractivity contribution in [2.75, 3.05) is 27.7 Å². The van der Waals surface area contributed by atoms with Gasteiger partial charge in [-0.1, -0.05) is 58.0 Å². The summed E-state index contributed by atoms with van der Waals surface area (Å²) in [5.74, 6) is -4.12. The van der Waals surface area contributed by atoms with Gasteiger partial charge in [0.15, 0.2) is 6.29 Å². The van der Waals surface area contributed by atoms with Crippen LogP contribution in [0, 0.1) is 29.6 Å². The van der Waals surface area contributed by atoms with E-state index >= 15 is 0 Å². The molecule has 14 atom stereocenters. The number of nitrogens with one attached hydrogen (secondary N) is 1. The maximum Gasteiger partial charge on any atom is 0.311 e. The molecule has 2 heterocycles. The minimum absolute atomic E-state index is 0.0598. The maximum atomic E-state index is 14.4. The lowest BCUT2D eigenvalue weighted by atomic mass is 9.69. The Morgan fingerprint density at radius 2 is 1.64 bits per heavy atom. The lowest BCUT2D eigenvalue weighted by Crippen LogP contribution is -2.60. The highest BCUT2D eigenvalue weighted by atomic mass is 16.7. The van der Waals surface area contributed by atoms with E-state index in [1.165, 1.54) is 7.11 Å². The molecule has 1 aromatic rings. The van der Waals surface area contributed by atoms with Gasteiger partial charge in [-0.3, -0.25) is 9.59 Å². The number of likely N-dealkylation sites (N-methyl/N-ethyl adjacent to an activating group) is 1. The number of Topliss-reactive ketones (excluding diaryl/α,β-unsaturated/α-hetero) is 1. The highest BCUT2D eigenvalue weighted by Gasteiger charge is 2.52. The van der Waals surface area contributed by atoms with Crippen LogP contribution in [0.5, 0.6) is 0 Å². The Labute approximate surface area is 300 Å². The number of rotatable bonds is 10. The topological polar surface area (TPSA) is 147 Å². The number of aliphatic hydroxyl groups is 3. The first-order chi connectivity index (χ1) is 23.4. The van der Waals surface area contributed by atoms with Crippen molar-refractivity contribution >= 4 is 11.8 Å². The van der Waals surface area contributed by atoms with Gasteiger partial charge >= 0.3 is 5.97 Å². The molecule has 1 aromatic carbocycles. The summed E-state index contributed by atoms with van der Waals surface area (Å²) >= 11 is 0. The van der Waals surface area contributed by atoms with Crippen molar-refractivity contribution in [2.45, 2.75) is 142 Å². The molecule has 1 unspecified atom stereocenters. The third kappa shape index (κ3) is 9.92. The first-order valence-corrected chi connectivity index (χ1v) is 18.5. The van der Waals surface area contributed by atoms with E-state index in [0.717, 1.165) is 5.56 Å². The maximum absolute atomic E-state index is 14.4. The van der Waals surface area contributed by atoms with Gasteiger partial charge < -0.3 is 44.5 Å². The Morgan fingerprint density at radius 3 is 2.22 bits per heavy atom. The van der Waals surface area contributed by atoms with Crippen LogP contribution in [-0.4, -0.2) is 114 Å². The Morgan fingerprint density at radius 1 is 1.00 bits per heavy atom. The zero-order valence-corrected chi connectivity index (χ0v) is 32.3. The van der Waals surface area contributed by atoms with Crippen molar-refractivity contribution < 1.29 is 43.9 Å². The van der Waals surface area contributed by atoms with E-state index in [9.17, 15) is 24.9 Å². The fourth-order valence-corrected chi connectivity index (χ4v) is 8.31. The number of hydrogen-bond donors (Lipinski definition) is 4. The van der Waals surface area contributed by atoms with Crippen LogP contribution >= 0.6 is 0 Å². The van der Waals surface area contributed by atoms with Crippen LogP contribution in [-0.2, 0) is 35.1 Å². The summed E-state index contributed by atoms with van der Waals surface area (Å²) in [6.07, 6.45) is -3.72. The van der Waals surface area contributed by atoms with Crippen LogP contribution in [0.2, 0.25) is 0 Å². The molecule has 11 heteroatoms. The highest BCUT2D eigenvalue weighted by molar-refractivity contribution is 5.83. The normalized spacial score (nSPS) is 41.1. The van der Waals surface area contributed by atoms with E-state index in [0.29, 0.717) is 32.4 Å². The number of cyclic esters (lactones) is 1. The van der Waals surface area contributed by atoms with E-state index < -0.39 is 77.5 Å². The standard InChI is InChI=1S/C39H66N2O9/c1-12-31-39(8,46)29(18-19-40-22-28-16-14-13-15-17-28)25(4)32(42)23(2)21-38(7,47-11)35(26(5)33(43)27(6)36(45)49-31)50-37-34(44)30(41(9)10)20-24(3)48-37/h13-17,23-27,29-31,33-35,37,40,43-44,46H,12,18-22H2,1-11H3/t23-,24-,25?,26-,27-,29+,30+,31-,33+,34-,35-,37+,38-,39+/m1/s1. The number of carbonyl (C=O) groups is 2. The molecule has 2 saturated heterocycles. The summed E-state index contributed by atoms with van der Waals surface area (Å²) in [6.45, 7) is 15.5. The summed E-state index contributed by atoms with van der Waals surface area (Å²) in [4.78, 5) is 30.1. The fraction of sp³-hybridized carbons (Fsp3) is 0.795. The van der Waals surface area contributed by atoms with Crippen molar-refractivity contribution in [3.63, 3.8) is 0 Å². The van der Waals surface area contributed by atoms with E-state index in [1.54, 1.807) is 20.8 Å². The molecule has 2 fully saturated rings. The van der Waals surface area contributed by atoms with E-state index in [1.807, 2.05) is 83.9 Å². The molecule has 0 amide bonds. The van der Waals surface area contributed by atoms with Crippen molar-refractivity contribution in [1.82, 2.24) is 10.2 Å². The number of methoxy groups -OCH3 is 1. The van der Waals surface area contributed by atoms with Crippen molar-refractivity contribution in [3.05, 3.63) is 35.9 Å². The van der Waals surface area contributed by atoms with Gasteiger partial charge in [-0.05, 0) is 79.6 Å². The molecule has 2 aliphatic rings. The summed E-state index contributed by atoms with van der Waals surface area (Å²) in [7, 11) is 5.33. The summed E-state index contributed by atoms with van der Waals surface area (Å²) in [5, 5.41) is 38.8. The average molecular weight is 707 g/mol. The Kier molecular flexibility index (Phi) is 15.4. The molecule has 0 saturated carbocycles. The number of benzene rings is 1. The van der Waals surface area contributed by atoms with Gasteiger partial charge in [0, 0.05) is 43.4 Å². The van der Waals surface area contributed by atoms with Gasteiger partial charge in [0.2, 0.25) is 0 Å². The largest absolute Gasteiger partial charge is 0.459 e. The van der Waals surface area contributed by atoms with Crippen LogP contribution in [0.15, 0.2) is 30.3 Å². The monoisotopic (exact) mass is 706 g/mol. The van der Waals surface area contributed by atoms with Gasteiger partial charge in [-0.2, -0.15) is 0 Å². The third-order valence-electron chi connectivity index (χ3n) is 11.6. The summed E-state index contributed by atoms with van der Waals surface area (Å²) < 4.78 is 25.0. The van der Waals surface area contributed by atoms with Crippen LogP contribution in [0.1, 0.15) is 86.6 Å². The quantitative estimate of drug-likeness (QED) is 0.207. The molecule has 11 nitrogen and oxygen atoms in total. The Balaban J connectivity index is 2.02. The molecule has 0 aliphatic carbocycles. The molecule has 2 aliphatic heterocycles. The van der Waals surface area contributed by atoms with Gasteiger partial charge in [0.25, 0.3) is 0 Å². The molecular weight excluding hydrogens is 640 g/mol. The van der Waals surface area contributed by atoms with E-state index in [4.69, 9.17) is 18.9 Å². The molecule has 286 valence electrons. The lowest BCUT2D eigenvalue weighted by Gasteiger charge is -2.48. The van der Waals surface area contributed by atoms with Crippen LogP contribution in [0.3, 0.4) is 0 Å². The first-order valence-electron chi connectivity index (χ1n) is 18.5. The number of carbonyl (C=O) groups excluding carboxylic acids is 2. The zero-order valence-electron chi connectivity index (χ0n) is 32.3. The van der Waals surface area contributed by atoms with Gasteiger partial charge in [-0.15, -0.1) is 0 Å². The minimum atomic E-state index is -1.54. The van der Waals surface area contributed by atoms with Crippen molar-refractivity contribution in [2.24, 2.45) is 29.6 Å². The number of ether oxygens (including phenoxy) is 4. The summed E-state index contributed by atoms with van der Waals surface area (Å²) in [5.41, 5.74) is -1.57. The van der Waals surface area contributed by atoms with E-state index in [2.05, 4.69) is 5.32 Å². The first kappa shape index (κ1) is 42.5. The fourth-order valence-electron chi connectivity index (χ4n) is 8.31. The zero-order chi connectivity index (χ0) is 37.6. The van der Waals surface area contributed by atoms with Gasteiger partial charge in [-0.25, -0.2) is 0 Å². The molecule has 0 aromatic heterocycles. The highest BCUT2D eigenvalue weighted by Crippen LogP contribution is 2.41. The third-order valence-corrected chi connectivity index (χ3v) is 11.6. The van der Waals surface area contributed by atoms with Crippen LogP contribution in [0.25, 0.3) is 0 Å². The second kappa shape index (κ2) is 18.2. The predicted molar refractivity (Wildman–Crippen MR) is 192 cm³/mol. The number of nitrogens with zero attached hydrogens (tertiary/aromatic N) is 1. The van der Waals surface area contributed by atoms with Crippen LogP contribution < -0.4 is 5.32 Å². The Hall–Kier alpha value is -1.96. The number of ketones is 1. The number of aliphatic hydroxyl groups excluding tert-OH is 2. The molecule has 50 heavy (non-hydrogen) atoms. The van der Waals surface area contributed by atoms with Gasteiger partial charge in [0.1, 0.15) is 23.6 Å². The van der Waals surface area contributed by atoms with Crippen LogP contribution in [0.4, 0.5) is 0 Å². The molecule has 3 rings (SSSR count). The predicted octanol–water partition coefficient (Wildman–Crippen LogP) is 3.95. The molecule has 0 spiro atoms. The molecular formula is C39H66N2O9. The molecule has 0 bridgehead atoms. The van der Waals surface area contributed by atoms with Gasteiger partial charge in [0.05, 0.1) is 29.8 Å². The van der Waals surface area contributed by atoms with Crippen molar-refractivity contribution in [1.29, 1.82) is 0 Å². The second-order valence-electron chi connectivity index (χ2n) is 15.7. The molecule has 0 radical (unpaired) electrons. The van der Waals surface area contributed by atoms with E-state index in [-0.39, 0.29) is 24.3 Å². The SMILES string of the molecule is CC[C@H]1OC(=O)[C@H](C)[C@@H](O)[C@@H](C)[C@@H](O[C@@H]2O[C@H](C)C[C@H](N(C)C)[C@H]2O)[C@](C)(OC)C[C@@H](C)C(=O)C(C)[C@H](CCNCc2ccccc2)[C@]1(C)O. The number of hydrogen-bond acceptors (Lipinski definition) is 11. The molecule has 4 N–H and O–H groups in total. The second-order valence-corrected chi connectivity index (χ2v) is 15.7. The average Bonchev–Trinajstić information content (AvgIpc) is 3.08. The Bertz CT molecular complexity index is 1220. The lowest BCUT2D eigenvalue weighted by molar-refractivity contribution is -0.301.